The number of nitrogens with one attached hydrogen (secondary N) is 1. The molecule has 146 valence electrons. The number of benzene rings is 2. The summed E-state index contributed by atoms with van der Waals surface area (Å²) in [7, 11) is -3.85. The van der Waals surface area contributed by atoms with Gasteiger partial charge < -0.3 is 5.32 Å². The highest BCUT2D eigenvalue weighted by atomic mass is 32.2. The van der Waals surface area contributed by atoms with Gasteiger partial charge in [-0.25, -0.2) is 17.2 Å². The Kier molecular flexibility index (Phi) is 6.54. The van der Waals surface area contributed by atoms with Gasteiger partial charge in [-0.05, 0) is 29.7 Å². The molecule has 27 heavy (non-hydrogen) atoms. The van der Waals surface area contributed by atoms with Crippen LogP contribution < -0.4 is 9.62 Å². The van der Waals surface area contributed by atoms with Crippen molar-refractivity contribution in [3.63, 3.8) is 0 Å². The number of hydrogen-bond donors (Lipinski definition) is 1. The van der Waals surface area contributed by atoms with E-state index in [-0.39, 0.29) is 24.6 Å². The molecule has 0 fully saturated rings. The normalized spacial score (nSPS) is 11.5. The summed E-state index contributed by atoms with van der Waals surface area (Å²) in [5, 5.41) is 2.76. The van der Waals surface area contributed by atoms with Crippen LogP contribution in [0.5, 0.6) is 0 Å². The number of sulfonamides is 1. The van der Waals surface area contributed by atoms with E-state index >= 15 is 0 Å². The number of nitrogens with zero attached hydrogens (tertiary/aromatic N) is 1. The van der Waals surface area contributed by atoms with Gasteiger partial charge in [-0.2, -0.15) is 0 Å². The molecular weight excluding hydrogens is 374 g/mol. The number of rotatable bonds is 7. The van der Waals surface area contributed by atoms with E-state index < -0.39 is 27.6 Å². The van der Waals surface area contributed by atoms with Gasteiger partial charge in [0, 0.05) is 24.7 Å². The first-order chi connectivity index (χ1) is 12.6. The van der Waals surface area contributed by atoms with Crippen LogP contribution in [-0.4, -0.2) is 27.1 Å². The Morgan fingerprint density at radius 3 is 2.41 bits per heavy atom. The predicted octanol–water partition coefficient (Wildman–Crippen LogP) is 3.88. The number of hydrogen-bond acceptors (Lipinski definition) is 3. The highest BCUT2D eigenvalue weighted by Gasteiger charge is 2.22. The molecule has 0 aliphatic carbocycles. The molecule has 0 saturated carbocycles. The SMILES string of the molecule is CC(C)c1ccccc1NC(=O)CCN(c1ccc(F)cc1F)S(C)(=O)=O. The number of halogens is 2. The molecule has 0 spiro atoms. The molecular formula is C19H22F2N2O3S. The molecule has 0 aliphatic rings. The molecule has 0 bridgehead atoms. The Morgan fingerprint density at radius 2 is 1.81 bits per heavy atom. The average Bonchev–Trinajstić information content (AvgIpc) is 2.56. The minimum Gasteiger partial charge on any atom is -0.326 e. The highest BCUT2D eigenvalue weighted by molar-refractivity contribution is 7.92. The van der Waals surface area contributed by atoms with Gasteiger partial charge in [0.2, 0.25) is 15.9 Å². The molecule has 1 amide bonds. The van der Waals surface area contributed by atoms with Gasteiger partial charge in [0.25, 0.3) is 0 Å². The Hall–Kier alpha value is -2.48. The van der Waals surface area contributed by atoms with Gasteiger partial charge in [-0.3, -0.25) is 9.10 Å². The van der Waals surface area contributed by atoms with Crippen LogP contribution >= 0.6 is 0 Å². The molecule has 0 aromatic heterocycles. The third-order valence-electron chi connectivity index (χ3n) is 3.98. The fourth-order valence-corrected chi connectivity index (χ4v) is 3.61. The smallest absolute Gasteiger partial charge is 0.232 e. The summed E-state index contributed by atoms with van der Waals surface area (Å²) in [6.07, 6.45) is 0.720. The van der Waals surface area contributed by atoms with Crippen molar-refractivity contribution in [2.45, 2.75) is 26.2 Å². The quantitative estimate of drug-likeness (QED) is 0.772. The van der Waals surface area contributed by atoms with E-state index in [0.29, 0.717) is 11.8 Å². The molecule has 0 radical (unpaired) electrons. The zero-order valence-corrected chi connectivity index (χ0v) is 16.2. The topological polar surface area (TPSA) is 66.5 Å². The Bertz CT molecular complexity index is 930. The van der Waals surface area contributed by atoms with Gasteiger partial charge in [-0.1, -0.05) is 32.0 Å². The van der Waals surface area contributed by atoms with E-state index in [1.807, 2.05) is 26.0 Å². The molecule has 8 heteroatoms. The van der Waals surface area contributed by atoms with Gasteiger partial charge >= 0.3 is 0 Å². The van der Waals surface area contributed by atoms with Gasteiger partial charge in [-0.15, -0.1) is 0 Å². The molecule has 5 nitrogen and oxygen atoms in total. The van der Waals surface area contributed by atoms with Crippen molar-refractivity contribution in [2.75, 3.05) is 22.4 Å². The maximum atomic E-state index is 14.0. The van der Waals surface area contributed by atoms with Crippen LogP contribution in [0.1, 0.15) is 31.7 Å². The van der Waals surface area contributed by atoms with Crippen LogP contribution in [-0.2, 0) is 14.8 Å². The lowest BCUT2D eigenvalue weighted by Gasteiger charge is -2.23. The van der Waals surface area contributed by atoms with E-state index in [1.165, 1.54) is 0 Å². The highest BCUT2D eigenvalue weighted by Crippen LogP contribution is 2.25. The maximum Gasteiger partial charge on any atom is 0.232 e. The maximum absolute atomic E-state index is 14.0. The summed E-state index contributed by atoms with van der Waals surface area (Å²) in [6.45, 7) is 3.72. The van der Waals surface area contributed by atoms with Crippen molar-refractivity contribution in [1.29, 1.82) is 0 Å². The second-order valence-corrected chi connectivity index (χ2v) is 8.38. The Morgan fingerprint density at radius 1 is 1.15 bits per heavy atom. The molecule has 1 N–H and O–H groups in total. The Labute approximate surface area is 158 Å². The molecule has 0 unspecified atom stereocenters. The van der Waals surface area contributed by atoms with Crippen molar-refractivity contribution < 1.29 is 22.0 Å². The van der Waals surface area contributed by atoms with E-state index in [4.69, 9.17) is 0 Å². The lowest BCUT2D eigenvalue weighted by molar-refractivity contribution is -0.116. The summed E-state index contributed by atoms with van der Waals surface area (Å²) < 4.78 is 51.9. The molecule has 2 rings (SSSR count). The Balaban J connectivity index is 2.15. The lowest BCUT2D eigenvalue weighted by Crippen LogP contribution is -2.33. The minimum atomic E-state index is -3.85. The van der Waals surface area contributed by atoms with Crippen LogP contribution in [0, 0.1) is 11.6 Å². The lowest BCUT2D eigenvalue weighted by atomic mass is 10.0. The molecule has 2 aromatic carbocycles. The van der Waals surface area contributed by atoms with Crippen LogP contribution in [0.15, 0.2) is 42.5 Å². The number of amides is 1. The zero-order chi connectivity index (χ0) is 20.2. The summed E-state index contributed by atoms with van der Waals surface area (Å²) in [5.41, 5.74) is 1.31. The van der Waals surface area contributed by atoms with Crippen molar-refractivity contribution in [1.82, 2.24) is 0 Å². The first-order valence-corrected chi connectivity index (χ1v) is 10.3. The van der Waals surface area contributed by atoms with Crippen molar-refractivity contribution in [3.05, 3.63) is 59.7 Å². The molecule has 0 aliphatic heterocycles. The first-order valence-electron chi connectivity index (χ1n) is 8.41. The summed E-state index contributed by atoms with van der Waals surface area (Å²) in [6, 6.07) is 9.93. The van der Waals surface area contributed by atoms with Crippen molar-refractivity contribution >= 4 is 27.3 Å². The van der Waals surface area contributed by atoms with E-state index in [9.17, 15) is 22.0 Å². The fourth-order valence-electron chi connectivity index (χ4n) is 2.68. The van der Waals surface area contributed by atoms with Crippen LogP contribution in [0.3, 0.4) is 0 Å². The second-order valence-electron chi connectivity index (χ2n) is 6.47. The molecule has 0 atom stereocenters. The largest absolute Gasteiger partial charge is 0.326 e. The summed E-state index contributed by atoms with van der Waals surface area (Å²) in [5.74, 6) is -2.03. The van der Waals surface area contributed by atoms with Crippen LogP contribution in [0.2, 0.25) is 0 Å². The first kappa shape index (κ1) is 20.8. The van der Waals surface area contributed by atoms with Crippen LogP contribution in [0.4, 0.5) is 20.2 Å². The van der Waals surface area contributed by atoms with E-state index in [2.05, 4.69) is 5.32 Å². The summed E-state index contributed by atoms with van der Waals surface area (Å²) >= 11 is 0. The summed E-state index contributed by atoms with van der Waals surface area (Å²) in [4.78, 5) is 12.3. The van der Waals surface area contributed by atoms with Crippen molar-refractivity contribution in [2.24, 2.45) is 0 Å². The van der Waals surface area contributed by atoms with Gasteiger partial charge in [0.05, 0.1) is 11.9 Å². The van der Waals surface area contributed by atoms with Gasteiger partial charge in [0.15, 0.2) is 0 Å². The number of anilines is 2. The number of carbonyl (C=O) groups excluding carboxylic acids is 1. The van der Waals surface area contributed by atoms with E-state index in [0.717, 1.165) is 28.3 Å². The van der Waals surface area contributed by atoms with E-state index in [1.54, 1.807) is 12.1 Å². The average molecular weight is 396 g/mol. The molecule has 0 saturated heterocycles. The fraction of sp³-hybridized carbons (Fsp3) is 0.316. The monoisotopic (exact) mass is 396 g/mol. The number of para-hydroxylation sites is 1. The van der Waals surface area contributed by atoms with Crippen molar-refractivity contribution in [3.8, 4) is 0 Å². The molecule has 2 aromatic rings. The number of carbonyl (C=O) groups is 1. The standard InChI is InChI=1S/C19H22F2N2O3S/c1-13(2)15-6-4-5-7-17(15)22-19(24)10-11-23(27(3,25)26)18-9-8-14(20)12-16(18)21/h4-9,12-13H,10-11H2,1-3H3,(H,22,24). The van der Waals surface area contributed by atoms with Gasteiger partial charge in [0.1, 0.15) is 11.6 Å². The minimum absolute atomic E-state index is 0.184. The predicted molar refractivity (Wildman–Crippen MR) is 102 cm³/mol. The third-order valence-corrected chi connectivity index (χ3v) is 5.16. The zero-order valence-electron chi connectivity index (χ0n) is 15.4. The molecule has 0 heterocycles. The third kappa shape index (κ3) is 5.50. The van der Waals surface area contributed by atoms with Crippen LogP contribution in [0.25, 0.3) is 0 Å². The second kappa shape index (κ2) is 8.47.